The van der Waals surface area contributed by atoms with Crippen molar-refractivity contribution >= 4 is 11.8 Å². The quantitative estimate of drug-likeness (QED) is 0.870. The zero-order valence-electron chi connectivity index (χ0n) is 11.1. The number of hydrogen-bond donors (Lipinski definition) is 2. The Labute approximate surface area is 112 Å². The molecule has 0 saturated heterocycles. The molecule has 19 heavy (non-hydrogen) atoms. The SMILES string of the molecule is Cc1ccc(C#N)c(NC2CCCC2(C)C(=O)O)n1. The third kappa shape index (κ3) is 2.39. The number of aryl methyl sites for hydroxylation is 1. The predicted molar refractivity (Wildman–Crippen MR) is 70.7 cm³/mol. The molecule has 0 spiro atoms. The smallest absolute Gasteiger partial charge is 0.311 e. The number of carboxylic acids is 1. The number of nitriles is 1. The van der Waals surface area contributed by atoms with Gasteiger partial charge in [0.05, 0.1) is 11.0 Å². The van der Waals surface area contributed by atoms with Crippen LogP contribution in [0.25, 0.3) is 0 Å². The Kier molecular flexibility index (Phi) is 3.43. The van der Waals surface area contributed by atoms with Gasteiger partial charge in [0, 0.05) is 11.7 Å². The summed E-state index contributed by atoms with van der Waals surface area (Å²) in [5.74, 6) is -0.310. The maximum Gasteiger partial charge on any atom is 0.311 e. The summed E-state index contributed by atoms with van der Waals surface area (Å²) < 4.78 is 0. The summed E-state index contributed by atoms with van der Waals surface area (Å²) >= 11 is 0. The van der Waals surface area contributed by atoms with Gasteiger partial charge in [-0.05, 0) is 38.8 Å². The van der Waals surface area contributed by atoms with Crippen molar-refractivity contribution in [1.29, 1.82) is 5.26 Å². The number of nitrogens with zero attached hydrogens (tertiary/aromatic N) is 2. The van der Waals surface area contributed by atoms with Crippen molar-refractivity contribution in [3.05, 3.63) is 23.4 Å². The van der Waals surface area contributed by atoms with Gasteiger partial charge in [-0.3, -0.25) is 4.79 Å². The summed E-state index contributed by atoms with van der Waals surface area (Å²) in [7, 11) is 0. The Bertz CT molecular complexity index is 550. The van der Waals surface area contributed by atoms with Gasteiger partial charge in [-0.25, -0.2) is 4.98 Å². The Morgan fingerprint density at radius 1 is 1.63 bits per heavy atom. The van der Waals surface area contributed by atoms with E-state index in [4.69, 9.17) is 5.26 Å². The summed E-state index contributed by atoms with van der Waals surface area (Å²) in [5.41, 5.74) is 0.458. The lowest BCUT2D eigenvalue weighted by Gasteiger charge is -2.28. The number of aromatic nitrogens is 1. The van der Waals surface area contributed by atoms with Crippen LogP contribution in [0.3, 0.4) is 0 Å². The van der Waals surface area contributed by atoms with E-state index in [2.05, 4.69) is 16.4 Å². The predicted octanol–water partition coefficient (Wildman–Crippen LogP) is 2.32. The second-order valence-corrected chi connectivity index (χ2v) is 5.27. The first-order chi connectivity index (χ1) is 8.97. The van der Waals surface area contributed by atoms with E-state index in [9.17, 15) is 9.90 Å². The minimum absolute atomic E-state index is 0.189. The van der Waals surface area contributed by atoms with Gasteiger partial charge in [0.25, 0.3) is 0 Å². The highest BCUT2D eigenvalue weighted by Crippen LogP contribution is 2.40. The molecule has 1 aliphatic rings. The highest BCUT2D eigenvalue weighted by molar-refractivity contribution is 5.76. The number of rotatable bonds is 3. The van der Waals surface area contributed by atoms with Crippen molar-refractivity contribution in [3.8, 4) is 6.07 Å². The highest BCUT2D eigenvalue weighted by Gasteiger charge is 2.45. The molecule has 0 amide bonds. The van der Waals surface area contributed by atoms with Gasteiger partial charge < -0.3 is 10.4 Å². The Morgan fingerprint density at radius 3 is 3.00 bits per heavy atom. The fourth-order valence-electron chi connectivity index (χ4n) is 2.58. The third-order valence-electron chi connectivity index (χ3n) is 3.91. The van der Waals surface area contributed by atoms with E-state index in [1.807, 2.05) is 6.92 Å². The molecule has 5 nitrogen and oxygen atoms in total. The first kappa shape index (κ1) is 13.3. The number of pyridine rings is 1. The van der Waals surface area contributed by atoms with E-state index in [0.29, 0.717) is 17.8 Å². The van der Waals surface area contributed by atoms with E-state index >= 15 is 0 Å². The molecule has 2 N–H and O–H groups in total. The minimum Gasteiger partial charge on any atom is -0.481 e. The number of carboxylic acid groups (broad SMARTS) is 1. The molecular formula is C14H17N3O2. The fraction of sp³-hybridized carbons (Fsp3) is 0.500. The molecule has 2 rings (SSSR count). The molecule has 0 bridgehead atoms. The van der Waals surface area contributed by atoms with Crippen LogP contribution < -0.4 is 5.32 Å². The average Bonchev–Trinajstić information content (AvgIpc) is 2.73. The number of hydrogen-bond acceptors (Lipinski definition) is 4. The lowest BCUT2D eigenvalue weighted by Crippen LogP contribution is -2.40. The van der Waals surface area contributed by atoms with E-state index < -0.39 is 11.4 Å². The first-order valence-electron chi connectivity index (χ1n) is 6.35. The van der Waals surface area contributed by atoms with Gasteiger partial charge in [0.1, 0.15) is 11.9 Å². The minimum atomic E-state index is -0.798. The number of aliphatic carboxylic acids is 1. The van der Waals surface area contributed by atoms with Crippen molar-refractivity contribution in [2.24, 2.45) is 5.41 Å². The molecule has 2 unspecified atom stereocenters. The van der Waals surface area contributed by atoms with E-state index in [-0.39, 0.29) is 6.04 Å². The topological polar surface area (TPSA) is 86.0 Å². The van der Waals surface area contributed by atoms with E-state index in [1.165, 1.54) is 0 Å². The van der Waals surface area contributed by atoms with Crippen LogP contribution in [0.15, 0.2) is 12.1 Å². The lowest BCUT2D eigenvalue weighted by molar-refractivity contribution is -0.147. The van der Waals surface area contributed by atoms with Crippen LogP contribution >= 0.6 is 0 Å². The van der Waals surface area contributed by atoms with Crippen LogP contribution in [-0.4, -0.2) is 22.1 Å². The van der Waals surface area contributed by atoms with Gasteiger partial charge in [0.2, 0.25) is 0 Å². The first-order valence-corrected chi connectivity index (χ1v) is 6.35. The van der Waals surface area contributed by atoms with Crippen molar-refractivity contribution in [2.75, 3.05) is 5.32 Å². The second-order valence-electron chi connectivity index (χ2n) is 5.27. The van der Waals surface area contributed by atoms with Gasteiger partial charge >= 0.3 is 5.97 Å². The molecule has 0 radical (unpaired) electrons. The van der Waals surface area contributed by atoms with Crippen molar-refractivity contribution in [3.63, 3.8) is 0 Å². The molecule has 2 atom stereocenters. The highest BCUT2D eigenvalue weighted by atomic mass is 16.4. The monoisotopic (exact) mass is 259 g/mol. The Hall–Kier alpha value is -2.09. The average molecular weight is 259 g/mol. The molecule has 5 heteroatoms. The van der Waals surface area contributed by atoms with Crippen LogP contribution in [0.2, 0.25) is 0 Å². The molecular weight excluding hydrogens is 242 g/mol. The standard InChI is InChI=1S/C14H17N3O2/c1-9-5-6-10(8-15)12(16-9)17-11-4-3-7-14(11,2)13(18)19/h5-6,11H,3-4,7H2,1-2H3,(H,16,17)(H,18,19). The van der Waals surface area contributed by atoms with Gasteiger partial charge in [0.15, 0.2) is 0 Å². The Morgan fingerprint density at radius 2 is 2.37 bits per heavy atom. The van der Waals surface area contributed by atoms with Crippen LogP contribution in [0, 0.1) is 23.7 Å². The van der Waals surface area contributed by atoms with Crippen molar-refractivity contribution in [1.82, 2.24) is 4.98 Å². The van der Waals surface area contributed by atoms with Gasteiger partial charge in [-0.15, -0.1) is 0 Å². The van der Waals surface area contributed by atoms with Crippen molar-refractivity contribution in [2.45, 2.75) is 39.2 Å². The van der Waals surface area contributed by atoms with Gasteiger partial charge in [-0.1, -0.05) is 6.42 Å². The molecule has 1 aliphatic carbocycles. The Balaban J connectivity index is 2.29. The maximum atomic E-state index is 11.4. The zero-order valence-corrected chi connectivity index (χ0v) is 11.1. The summed E-state index contributed by atoms with van der Waals surface area (Å²) in [5, 5.41) is 21.6. The molecule has 0 aromatic carbocycles. The third-order valence-corrected chi connectivity index (χ3v) is 3.91. The normalized spacial score (nSPS) is 25.8. The zero-order chi connectivity index (χ0) is 14.0. The molecule has 1 saturated carbocycles. The molecule has 1 aromatic heterocycles. The maximum absolute atomic E-state index is 11.4. The van der Waals surface area contributed by atoms with Crippen LogP contribution in [0.5, 0.6) is 0 Å². The largest absolute Gasteiger partial charge is 0.481 e. The van der Waals surface area contributed by atoms with Crippen LogP contribution in [0.4, 0.5) is 5.82 Å². The number of nitrogens with one attached hydrogen (secondary N) is 1. The number of carbonyl (C=O) groups is 1. The molecule has 0 aliphatic heterocycles. The molecule has 1 heterocycles. The summed E-state index contributed by atoms with van der Waals surface area (Å²) in [6.07, 6.45) is 2.30. The fourth-order valence-corrected chi connectivity index (χ4v) is 2.58. The molecule has 1 fully saturated rings. The number of anilines is 1. The van der Waals surface area contributed by atoms with Crippen LogP contribution in [0.1, 0.15) is 37.4 Å². The molecule has 100 valence electrons. The summed E-state index contributed by atoms with van der Waals surface area (Å²) in [6, 6.07) is 5.37. The van der Waals surface area contributed by atoms with Crippen LogP contribution in [-0.2, 0) is 4.79 Å². The molecule has 1 aromatic rings. The van der Waals surface area contributed by atoms with Crippen molar-refractivity contribution < 1.29 is 9.90 Å². The lowest BCUT2D eigenvalue weighted by atomic mass is 9.85. The van der Waals surface area contributed by atoms with E-state index in [0.717, 1.165) is 18.5 Å². The summed E-state index contributed by atoms with van der Waals surface area (Å²) in [4.78, 5) is 15.7. The van der Waals surface area contributed by atoms with Gasteiger partial charge in [-0.2, -0.15) is 5.26 Å². The second kappa shape index (κ2) is 4.88. The summed E-state index contributed by atoms with van der Waals surface area (Å²) in [6.45, 7) is 3.60. The van der Waals surface area contributed by atoms with E-state index in [1.54, 1.807) is 19.1 Å².